The molecular weight excluding hydrogens is 703 g/mol. The Hall–Kier alpha value is -4.00. The largest absolute Gasteiger partial charge is 0.337 e. The highest BCUT2D eigenvalue weighted by Crippen LogP contribution is 2.44. The first kappa shape index (κ1) is 29.2. The molecule has 0 saturated carbocycles. The number of rotatable bonds is 5. The van der Waals surface area contributed by atoms with Crippen molar-refractivity contribution in [3.05, 3.63) is 142 Å². The van der Waals surface area contributed by atoms with Crippen LogP contribution >= 0.6 is 34.4 Å². The van der Waals surface area contributed by atoms with E-state index in [2.05, 4.69) is 165 Å². The summed E-state index contributed by atoms with van der Waals surface area (Å²) in [4.78, 5) is 1.33. The predicted octanol–water partition coefficient (Wildman–Crippen LogP) is 12.5. The Morgan fingerprint density at radius 1 is 0.723 bits per heavy atom. The zero-order valence-corrected chi connectivity index (χ0v) is 29.4. The zero-order valence-electron chi connectivity index (χ0n) is 26.4. The maximum absolute atomic E-state index is 2.69. The van der Waals surface area contributed by atoms with Gasteiger partial charge in [0.05, 0.1) is 22.6 Å². The van der Waals surface area contributed by atoms with Crippen molar-refractivity contribution in [2.45, 2.75) is 43.0 Å². The first-order valence-corrected chi connectivity index (χ1v) is 19.0. The van der Waals surface area contributed by atoms with Gasteiger partial charge in [0.25, 0.3) is 0 Å². The van der Waals surface area contributed by atoms with Crippen LogP contribution in [0.4, 0.5) is 0 Å². The third-order valence-electron chi connectivity index (χ3n) is 10.2. The third-order valence-corrected chi connectivity index (χ3v) is 11.9. The lowest BCUT2D eigenvalue weighted by molar-refractivity contribution is 0.515. The maximum Gasteiger partial charge on any atom is 0.0541 e. The Kier molecular flexibility index (Phi) is 7.39. The van der Waals surface area contributed by atoms with E-state index in [1.807, 2.05) is 11.8 Å². The van der Waals surface area contributed by atoms with Gasteiger partial charge < -0.3 is 9.13 Å². The molecule has 2 heterocycles. The smallest absolute Gasteiger partial charge is 0.0541 e. The van der Waals surface area contributed by atoms with E-state index in [1.54, 1.807) is 0 Å². The Morgan fingerprint density at radius 3 is 2.38 bits per heavy atom. The van der Waals surface area contributed by atoms with Crippen LogP contribution in [-0.4, -0.2) is 15.4 Å². The molecule has 0 spiro atoms. The first-order valence-electron chi connectivity index (χ1n) is 16.7. The van der Waals surface area contributed by atoms with Crippen LogP contribution in [-0.2, 0) is 6.42 Å². The van der Waals surface area contributed by atoms with E-state index in [9.17, 15) is 0 Å². The Labute approximate surface area is 293 Å². The summed E-state index contributed by atoms with van der Waals surface area (Å²) in [5.74, 6) is 0. The van der Waals surface area contributed by atoms with E-state index in [-0.39, 0.29) is 0 Å². The minimum absolute atomic E-state index is 0.422. The van der Waals surface area contributed by atoms with Gasteiger partial charge in [-0.25, -0.2) is 0 Å². The van der Waals surface area contributed by atoms with Gasteiger partial charge in [0.15, 0.2) is 0 Å². The Balaban J connectivity index is 1.25. The SMILES string of the molecule is CSc1ccccc1-c1cc2c3c(n(C4C=CCCC4)c2cc1I)CCC(c1ccc2c(c1)c1ccccc1n2-c1ccccc1)=C3. The summed E-state index contributed by atoms with van der Waals surface area (Å²) >= 11 is 4.40. The van der Waals surface area contributed by atoms with Gasteiger partial charge >= 0.3 is 0 Å². The lowest BCUT2D eigenvalue weighted by Crippen LogP contribution is -2.13. The molecule has 2 nitrogen and oxygen atoms in total. The van der Waals surface area contributed by atoms with Crippen LogP contribution in [0, 0.1) is 3.57 Å². The van der Waals surface area contributed by atoms with E-state index in [0.717, 1.165) is 12.8 Å². The van der Waals surface area contributed by atoms with Crippen LogP contribution in [0.3, 0.4) is 0 Å². The molecule has 1 unspecified atom stereocenters. The number of fused-ring (bicyclic) bond motifs is 6. The fourth-order valence-electron chi connectivity index (χ4n) is 8.04. The van der Waals surface area contributed by atoms with Crippen molar-refractivity contribution in [2.24, 2.45) is 0 Å². The molecule has 4 heteroatoms. The van der Waals surface area contributed by atoms with Crippen molar-refractivity contribution in [1.29, 1.82) is 0 Å². The third kappa shape index (κ3) is 4.83. The summed E-state index contributed by atoms with van der Waals surface area (Å²) in [6, 6.07) is 40.9. The summed E-state index contributed by atoms with van der Waals surface area (Å²) in [6.45, 7) is 0. The van der Waals surface area contributed by atoms with Crippen molar-refractivity contribution in [3.8, 4) is 16.8 Å². The molecule has 47 heavy (non-hydrogen) atoms. The predicted molar refractivity (Wildman–Crippen MR) is 211 cm³/mol. The topological polar surface area (TPSA) is 9.86 Å². The van der Waals surface area contributed by atoms with Crippen molar-refractivity contribution in [2.75, 3.05) is 6.26 Å². The van der Waals surface area contributed by atoms with Gasteiger partial charge in [-0.2, -0.15) is 0 Å². The van der Waals surface area contributed by atoms with Crippen LogP contribution in [0.2, 0.25) is 0 Å². The average molecular weight is 739 g/mol. The Morgan fingerprint density at radius 2 is 1.53 bits per heavy atom. The van der Waals surface area contributed by atoms with Gasteiger partial charge in [-0.05, 0) is 138 Å². The highest BCUT2D eigenvalue weighted by molar-refractivity contribution is 14.1. The van der Waals surface area contributed by atoms with Crippen molar-refractivity contribution < 1.29 is 0 Å². The molecule has 2 aliphatic carbocycles. The number of hydrogen-bond acceptors (Lipinski definition) is 1. The number of halogens is 1. The molecule has 1 atom stereocenters. The van der Waals surface area contributed by atoms with E-state index >= 15 is 0 Å². The number of aromatic nitrogens is 2. The molecule has 0 aliphatic heterocycles. The number of allylic oxidation sites excluding steroid dienone is 3. The van der Waals surface area contributed by atoms with E-state index < -0.39 is 0 Å². The summed E-state index contributed by atoms with van der Waals surface area (Å²) in [7, 11) is 0. The van der Waals surface area contributed by atoms with Crippen LogP contribution in [0.5, 0.6) is 0 Å². The fourth-order valence-corrected chi connectivity index (χ4v) is 9.40. The molecule has 0 bridgehead atoms. The minimum atomic E-state index is 0.422. The van der Waals surface area contributed by atoms with Crippen molar-refractivity contribution in [3.63, 3.8) is 0 Å². The minimum Gasteiger partial charge on any atom is -0.337 e. The van der Waals surface area contributed by atoms with Gasteiger partial charge in [-0.15, -0.1) is 11.8 Å². The second-order valence-electron chi connectivity index (χ2n) is 12.8. The molecule has 0 N–H and O–H groups in total. The van der Waals surface area contributed by atoms with Crippen LogP contribution in [0.25, 0.3) is 61.2 Å². The van der Waals surface area contributed by atoms with Gasteiger partial charge in [-0.3, -0.25) is 0 Å². The number of thioether (sulfide) groups is 1. The molecule has 5 aromatic carbocycles. The molecular formula is C43H35IN2S. The molecule has 0 amide bonds. The van der Waals surface area contributed by atoms with Crippen LogP contribution in [0.1, 0.15) is 48.5 Å². The molecule has 2 aliphatic rings. The maximum atomic E-state index is 2.69. The highest BCUT2D eigenvalue weighted by Gasteiger charge is 2.26. The highest BCUT2D eigenvalue weighted by atomic mass is 127. The normalized spacial score (nSPS) is 16.2. The van der Waals surface area contributed by atoms with E-state index in [1.165, 1.54) is 99.6 Å². The molecule has 7 aromatic rings. The second-order valence-corrected chi connectivity index (χ2v) is 14.8. The van der Waals surface area contributed by atoms with Crippen LogP contribution < -0.4 is 0 Å². The van der Waals surface area contributed by atoms with Crippen molar-refractivity contribution >= 4 is 78.7 Å². The van der Waals surface area contributed by atoms with Gasteiger partial charge in [0.1, 0.15) is 0 Å². The quantitative estimate of drug-likeness (QED) is 0.0971. The number of hydrogen-bond donors (Lipinski definition) is 0. The van der Waals surface area contributed by atoms with Gasteiger partial charge in [-0.1, -0.05) is 72.8 Å². The fraction of sp³-hybridized carbons (Fsp3) is 0.163. The standard InChI is InChI=1S/C43H35IN2S/c1-47-43-19-11-9-17-33(43)34-26-37-36-25-29(21-23-41(36)46(42(37)27-38(34)44)31-14-6-3-7-15-31)28-20-22-40-35(24-28)32-16-8-10-18-39(32)45(40)30-12-4-2-5-13-30/h2,4-6,8-14,16-20,22,24-27,31H,3,7,15,21,23H2,1H3. The first-order chi connectivity index (χ1) is 23.2. The monoisotopic (exact) mass is 738 g/mol. The average Bonchev–Trinajstić information content (AvgIpc) is 3.63. The molecule has 0 radical (unpaired) electrons. The van der Waals surface area contributed by atoms with Crippen molar-refractivity contribution in [1.82, 2.24) is 9.13 Å². The molecule has 2 aromatic heterocycles. The molecule has 230 valence electrons. The number of nitrogens with zero attached hydrogens (tertiary/aromatic N) is 2. The van der Waals surface area contributed by atoms with Crippen LogP contribution in [0.15, 0.2) is 126 Å². The Bertz CT molecular complexity index is 2390. The summed E-state index contributed by atoms with van der Waals surface area (Å²) in [5.41, 5.74) is 13.4. The molecule has 0 fully saturated rings. The summed E-state index contributed by atoms with van der Waals surface area (Å²) in [5, 5.41) is 4.00. The number of para-hydroxylation sites is 2. The summed E-state index contributed by atoms with van der Waals surface area (Å²) < 4.78 is 6.41. The lowest BCUT2D eigenvalue weighted by Gasteiger charge is -2.24. The number of benzene rings is 5. The second kappa shape index (κ2) is 11.9. The van der Waals surface area contributed by atoms with Gasteiger partial charge in [0, 0.05) is 41.6 Å². The van der Waals surface area contributed by atoms with E-state index in [0.29, 0.717) is 6.04 Å². The summed E-state index contributed by atoms with van der Waals surface area (Å²) in [6.07, 6.45) is 15.3. The lowest BCUT2D eigenvalue weighted by atomic mass is 9.90. The van der Waals surface area contributed by atoms with Gasteiger partial charge in [0.2, 0.25) is 0 Å². The molecule has 0 saturated heterocycles. The zero-order chi connectivity index (χ0) is 31.5. The van der Waals surface area contributed by atoms with E-state index in [4.69, 9.17) is 0 Å². The molecule has 9 rings (SSSR count).